The van der Waals surface area contributed by atoms with Crippen LogP contribution in [0.2, 0.25) is 0 Å². The number of aryl methyl sites for hydroxylation is 2. The fourth-order valence-corrected chi connectivity index (χ4v) is 2.86. The fraction of sp³-hybridized carbons (Fsp3) is 0.545. The van der Waals surface area contributed by atoms with Gasteiger partial charge in [-0.25, -0.2) is 4.98 Å². The second-order valence-electron chi connectivity index (χ2n) is 4.43. The van der Waals surface area contributed by atoms with Crippen LogP contribution in [-0.4, -0.2) is 19.1 Å². The zero-order valence-electron chi connectivity index (χ0n) is 9.81. The van der Waals surface area contributed by atoms with Crippen molar-refractivity contribution in [2.75, 3.05) is 5.73 Å². The quantitative estimate of drug-likeness (QED) is 0.876. The van der Waals surface area contributed by atoms with Gasteiger partial charge in [-0.2, -0.15) is 0 Å². The molecular weight excluding hydrogens is 234 g/mol. The van der Waals surface area contributed by atoms with Gasteiger partial charge in [0.15, 0.2) is 0 Å². The SMILES string of the molecule is Cc1nc2c(n1Cc1nnsc1N)CCCC2. The maximum Gasteiger partial charge on any atom is 0.132 e. The van der Waals surface area contributed by atoms with Crippen LogP contribution in [0.15, 0.2) is 0 Å². The first-order valence-electron chi connectivity index (χ1n) is 5.87. The van der Waals surface area contributed by atoms with Crippen LogP contribution in [0.3, 0.4) is 0 Å². The summed E-state index contributed by atoms with van der Waals surface area (Å²) in [5.74, 6) is 1.06. The fourth-order valence-electron chi connectivity index (χ4n) is 2.42. The number of nitrogens with two attached hydrogens (primary N) is 1. The Bertz CT molecular complexity index is 542. The van der Waals surface area contributed by atoms with E-state index >= 15 is 0 Å². The molecule has 5 nitrogen and oxygen atoms in total. The van der Waals surface area contributed by atoms with Gasteiger partial charge >= 0.3 is 0 Å². The Hall–Kier alpha value is -1.43. The third-order valence-electron chi connectivity index (χ3n) is 3.32. The van der Waals surface area contributed by atoms with Gasteiger partial charge in [0, 0.05) is 17.2 Å². The summed E-state index contributed by atoms with van der Waals surface area (Å²) in [6, 6.07) is 0. The lowest BCUT2D eigenvalue weighted by Crippen LogP contribution is -2.11. The molecule has 0 atom stereocenters. The topological polar surface area (TPSA) is 69.6 Å². The highest BCUT2D eigenvalue weighted by Gasteiger charge is 2.19. The first-order chi connectivity index (χ1) is 8.25. The maximum absolute atomic E-state index is 5.84. The van der Waals surface area contributed by atoms with E-state index in [1.54, 1.807) is 0 Å². The Labute approximate surface area is 104 Å². The number of hydrogen-bond donors (Lipinski definition) is 1. The summed E-state index contributed by atoms with van der Waals surface area (Å²) < 4.78 is 6.11. The van der Waals surface area contributed by atoms with Gasteiger partial charge in [0.25, 0.3) is 0 Å². The second kappa shape index (κ2) is 4.10. The minimum Gasteiger partial charge on any atom is -0.388 e. The molecule has 0 aromatic carbocycles. The molecule has 0 bridgehead atoms. The van der Waals surface area contributed by atoms with Crippen molar-refractivity contribution in [2.45, 2.75) is 39.2 Å². The molecule has 0 saturated heterocycles. The molecular formula is C11H15N5S. The summed E-state index contributed by atoms with van der Waals surface area (Å²) >= 11 is 1.25. The highest BCUT2D eigenvalue weighted by molar-refractivity contribution is 7.09. The molecule has 2 aromatic heterocycles. The third-order valence-corrected chi connectivity index (χ3v) is 3.91. The molecule has 6 heteroatoms. The molecule has 2 N–H and O–H groups in total. The first-order valence-corrected chi connectivity index (χ1v) is 6.64. The van der Waals surface area contributed by atoms with Gasteiger partial charge in [-0.1, -0.05) is 4.49 Å². The van der Waals surface area contributed by atoms with Crippen molar-refractivity contribution in [3.8, 4) is 0 Å². The van der Waals surface area contributed by atoms with Gasteiger partial charge in [0.2, 0.25) is 0 Å². The molecule has 0 radical (unpaired) electrons. The third kappa shape index (κ3) is 1.82. The Morgan fingerprint density at radius 2 is 2.18 bits per heavy atom. The normalized spacial score (nSPS) is 14.9. The van der Waals surface area contributed by atoms with Crippen molar-refractivity contribution in [3.63, 3.8) is 0 Å². The Balaban J connectivity index is 1.98. The number of imidazole rings is 1. The highest BCUT2D eigenvalue weighted by atomic mass is 32.1. The van der Waals surface area contributed by atoms with E-state index in [4.69, 9.17) is 5.73 Å². The summed E-state index contributed by atoms with van der Waals surface area (Å²) in [5, 5.41) is 4.79. The standard InChI is InChI=1S/C11H15N5S/c1-7-13-8-4-2-3-5-10(8)16(7)6-9-11(12)17-15-14-9/h2-6,12H2,1H3. The van der Waals surface area contributed by atoms with E-state index in [2.05, 4.69) is 19.1 Å². The summed E-state index contributed by atoms with van der Waals surface area (Å²) in [7, 11) is 0. The number of fused-ring (bicyclic) bond motifs is 1. The number of hydrogen-bond acceptors (Lipinski definition) is 5. The van der Waals surface area contributed by atoms with E-state index in [0.29, 0.717) is 11.5 Å². The van der Waals surface area contributed by atoms with Crippen LogP contribution in [0, 0.1) is 6.92 Å². The monoisotopic (exact) mass is 249 g/mol. The molecule has 3 rings (SSSR count). The van der Waals surface area contributed by atoms with E-state index in [-0.39, 0.29) is 0 Å². The highest BCUT2D eigenvalue weighted by Crippen LogP contribution is 2.24. The molecule has 0 unspecified atom stereocenters. The predicted octanol–water partition coefficient (Wildman–Crippen LogP) is 1.55. The lowest BCUT2D eigenvalue weighted by atomic mass is 10.0. The largest absolute Gasteiger partial charge is 0.388 e. The van der Waals surface area contributed by atoms with Crippen LogP contribution >= 0.6 is 11.5 Å². The van der Waals surface area contributed by atoms with E-state index in [1.807, 2.05) is 6.92 Å². The van der Waals surface area contributed by atoms with Crippen LogP contribution in [0.4, 0.5) is 5.00 Å². The Morgan fingerprint density at radius 3 is 2.94 bits per heavy atom. The van der Waals surface area contributed by atoms with E-state index < -0.39 is 0 Å². The summed E-state index contributed by atoms with van der Waals surface area (Å²) in [4.78, 5) is 4.64. The maximum atomic E-state index is 5.84. The number of nitrogens with zero attached hydrogens (tertiary/aromatic N) is 4. The van der Waals surface area contributed by atoms with E-state index in [9.17, 15) is 0 Å². The van der Waals surface area contributed by atoms with Crippen LogP contribution < -0.4 is 5.73 Å². The first kappa shape index (κ1) is 10.7. The van der Waals surface area contributed by atoms with E-state index in [1.165, 1.54) is 35.8 Å². The van der Waals surface area contributed by atoms with Crippen molar-refractivity contribution in [1.29, 1.82) is 0 Å². The van der Waals surface area contributed by atoms with Crippen molar-refractivity contribution in [1.82, 2.24) is 19.1 Å². The molecule has 2 aromatic rings. The van der Waals surface area contributed by atoms with Crippen LogP contribution in [0.1, 0.15) is 35.7 Å². The number of anilines is 1. The van der Waals surface area contributed by atoms with Gasteiger partial charge in [-0.05, 0) is 32.6 Å². The smallest absolute Gasteiger partial charge is 0.132 e. The number of nitrogen functional groups attached to an aromatic ring is 1. The van der Waals surface area contributed by atoms with Crippen molar-refractivity contribution in [3.05, 3.63) is 22.9 Å². The average Bonchev–Trinajstić information content (AvgIpc) is 2.85. The zero-order chi connectivity index (χ0) is 11.8. The Kier molecular flexibility index (Phi) is 2.58. The van der Waals surface area contributed by atoms with Gasteiger partial charge in [-0.3, -0.25) is 0 Å². The van der Waals surface area contributed by atoms with Gasteiger partial charge < -0.3 is 10.3 Å². The van der Waals surface area contributed by atoms with Crippen LogP contribution in [-0.2, 0) is 19.4 Å². The minimum absolute atomic E-state index is 0.705. The van der Waals surface area contributed by atoms with Gasteiger partial charge in [0.05, 0.1) is 12.2 Å². The Morgan fingerprint density at radius 1 is 1.35 bits per heavy atom. The molecule has 90 valence electrons. The van der Waals surface area contributed by atoms with E-state index in [0.717, 1.165) is 24.4 Å². The molecule has 2 heterocycles. The lowest BCUT2D eigenvalue weighted by Gasteiger charge is -2.13. The van der Waals surface area contributed by atoms with Gasteiger partial charge in [0.1, 0.15) is 16.5 Å². The summed E-state index contributed by atoms with van der Waals surface area (Å²) in [5.41, 5.74) is 9.33. The minimum atomic E-state index is 0.705. The van der Waals surface area contributed by atoms with Crippen molar-refractivity contribution in [2.24, 2.45) is 0 Å². The molecule has 1 aliphatic carbocycles. The molecule has 0 aliphatic heterocycles. The molecule has 0 spiro atoms. The lowest BCUT2D eigenvalue weighted by molar-refractivity contribution is 0.620. The number of aromatic nitrogens is 4. The molecule has 17 heavy (non-hydrogen) atoms. The molecule has 1 aliphatic rings. The van der Waals surface area contributed by atoms with Crippen LogP contribution in [0.5, 0.6) is 0 Å². The molecule has 0 fully saturated rings. The van der Waals surface area contributed by atoms with Gasteiger partial charge in [-0.15, -0.1) is 5.10 Å². The predicted molar refractivity (Wildman–Crippen MR) is 67.0 cm³/mol. The van der Waals surface area contributed by atoms with Crippen LogP contribution in [0.25, 0.3) is 0 Å². The van der Waals surface area contributed by atoms with Crippen molar-refractivity contribution < 1.29 is 0 Å². The summed E-state index contributed by atoms with van der Waals surface area (Å²) in [6.45, 7) is 2.75. The number of rotatable bonds is 2. The molecule has 0 amide bonds. The average molecular weight is 249 g/mol. The molecule has 0 saturated carbocycles. The zero-order valence-corrected chi connectivity index (χ0v) is 10.6. The second-order valence-corrected chi connectivity index (χ2v) is 5.22. The van der Waals surface area contributed by atoms with Crippen molar-refractivity contribution >= 4 is 16.5 Å². The summed E-state index contributed by atoms with van der Waals surface area (Å²) in [6.07, 6.45) is 4.73.